The molecule has 6 nitrogen and oxygen atoms in total. The average Bonchev–Trinajstić information content (AvgIpc) is 3.35. The van der Waals surface area contributed by atoms with Crippen molar-refractivity contribution >= 4 is 11.8 Å². The smallest absolute Gasteiger partial charge is 0.273 e. The fraction of sp³-hybridized carbons (Fsp3) is 0.389. The molecular weight excluding hydrogens is 306 g/mol. The van der Waals surface area contributed by atoms with E-state index in [0.717, 1.165) is 5.56 Å². The Labute approximate surface area is 140 Å². The molecule has 1 N–H and O–H groups in total. The standard InChI is InChI=1S/C18H21N3O3/c1-12(13-8-9-13)21(2)17(22)11-19-18(23)15-10-16(24-20-15)14-6-4-3-5-7-14/h3-7,10,12-13H,8-9,11H2,1-2H3,(H,19,23). The van der Waals surface area contributed by atoms with Crippen molar-refractivity contribution in [3.8, 4) is 11.3 Å². The van der Waals surface area contributed by atoms with Gasteiger partial charge in [-0.05, 0) is 25.7 Å². The Morgan fingerprint density at radius 1 is 1.33 bits per heavy atom. The van der Waals surface area contributed by atoms with Crippen molar-refractivity contribution in [3.05, 3.63) is 42.1 Å². The third-order valence-corrected chi connectivity index (χ3v) is 4.51. The molecule has 6 heteroatoms. The number of aromatic nitrogens is 1. The van der Waals surface area contributed by atoms with Gasteiger partial charge >= 0.3 is 0 Å². The topological polar surface area (TPSA) is 75.4 Å². The molecule has 1 unspecified atom stereocenters. The molecule has 0 spiro atoms. The van der Waals surface area contributed by atoms with Crippen molar-refractivity contribution in [1.29, 1.82) is 0 Å². The van der Waals surface area contributed by atoms with Gasteiger partial charge in [0.2, 0.25) is 5.91 Å². The van der Waals surface area contributed by atoms with Gasteiger partial charge in [0.05, 0.1) is 6.54 Å². The molecular formula is C18H21N3O3. The number of carbonyl (C=O) groups excluding carboxylic acids is 2. The molecule has 1 aromatic carbocycles. The molecule has 1 aliphatic carbocycles. The van der Waals surface area contributed by atoms with Gasteiger partial charge in [-0.1, -0.05) is 35.5 Å². The number of benzene rings is 1. The van der Waals surface area contributed by atoms with E-state index in [-0.39, 0.29) is 24.2 Å². The summed E-state index contributed by atoms with van der Waals surface area (Å²) in [5.41, 5.74) is 1.01. The van der Waals surface area contributed by atoms with Crippen LogP contribution in [0.15, 0.2) is 40.9 Å². The molecule has 24 heavy (non-hydrogen) atoms. The minimum atomic E-state index is -0.415. The predicted molar refractivity (Wildman–Crippen MR) is 89.2 cm³/mol. The van der Waals surface area contributed by atoms with Gasteiger partial charge < -0.3 is 14.7 Å². The Balaban J connectivity index is 1.55. The van der Waals surface area contributed by atoms with Crippen molar-refractivity contribution in [2.45, 2.75) is 25.8 Å². The van der Waals surface area contributed by atoms with Crippen molar-refractivity contribution < 1.29 is 14.1 Å². The number of likely N-dealkylation sites (N-methyl/N-ethyl adjacent to an activating group) is 1. The molecule has 1 aliphatic rings. The van der Waals surface area contributed by atoms with E-state index in [2.05, 4.69) is 10.5 Å². The summed E-state index contributed by atoms with van der Waals surface area (Å²) < 4.78 is 5.20. The summed E-state index contributed by atoms with van der Waals surface area (Å²) in [6, 6.07) is 11.2. The normalized spacial score (nSPS) is 14.9. The van der Waals surface area contributed by atoms with E-state index in [1.54, 1.807) is 18.0 Å². The molecule has 1 heterocycles. The number of carbonyl (C=O) groups is 2. The van der Waals surface area contributed by atoms with Crippen molar-refractivity contribution in [1.82, 2.24) is 15.4 Å². The van der Waals surface area contributed by atoms with Crippen LogP contribution in [-0.2, 0) is 4.79 Å². The van der Waals surface area contributed by atoms with Crippen LogP contribution >= 0.6 is 0 Å². The van der Waals surface area contributed by atoms with Gasteiger partial charge in [0.25, 0.3) is 5.91 Å². The predicted octanol–water partition coefficient (Wildman–Crippen LogP) is 2.33. The van der Waals surface area contributed by atoms with Gasteiger partial charge in [0, 0.05) is 24.7 Å². The van der Waals surface area contributed by atoms with Crippen LogP contribution in [0.25, 0.3) is 11.3 Å². The first-order valence-electron chi connectivity index (χ1n) is 8.12. The van der Waals surface area contributed by atoms with Crippen LogP contribution in [0.5, 0.6) is 0 Å². The lowest BCUT2D eigenvalue weighted by Gasteiger charge is -2.24. The van der Waals surface area contributed by atoms with Gasteiger partial charge in [-0.2, -0.15) is 0 Å². The minimum absolute atomic E-state index is 0.0417. The van der Waals surface area contributed by atoms with Crippen LogP contribution in [0.1, 0.15) is 30.3 Å². The molecule has 2 amide bonds. The van der Waals surface area contributed by atoms with E-state index in [1.807, 2.05) is 37.3 Å². The van der Waals surface area contributed by atoms with Crippen LogP contribution in [0.4, 0.5) is 0 Å². The summed E-state index contributed by atoms with van der Waals surface area (Å²) in [5, 5.41) is 6.38. The lowest BCUT2D eigenvalue weighted by Crippen LogP contribution is -2.43. The molecule has 3 rings (SSSR count). The zero-order chi connectivity index (χ0) is 17.1. The zero-order valence-corrected chi connectivity index (χ0v) is 13.9. The molecule has 0 saturated heterocycles. The number of amides is 2. The Hall–Kier alpha value is -2.63. The highest BCUT2D eigenvalue weighted by molar-refractivity contribution is 5.95. The molecule has 1 saturated carbocycles. The van der Waals surface area contributed by atoms with Crippen LogP contribution in [-0.4, -0.2) is 41.5 Å². The summed E-state index contributed by atoms with van der Waals surface area (Å²) in [7, 11) is 1.78. The SMILES string of the molecule is CC(C1CC1)N(C)C(=O)CNC(=O)c1cc(-c2ccccc2)on1. The quantitative estimate of drug-likeness (QED) is 0.883. The van der Waals surface area contributed by atoms with Crippen LogP contribution < -0.4 is 5.32 Å². The van der Waals surface area contributed by atoms with Crippen LogP contribution in [0, 0.1) is 5.92 Å². The fourth-order valence-electron chi connectivity index (χ4n) is 2.61. The van der Waals surface area contributed by atoms with E-state index in [9.17, 15) is 9.59 Å². The maximum atomic E-state index is 12.1. The highest BCUT2D eigenvalue weighted by Gasteiger charge is 2.32. The van der Waals surface area contributed by atoms with Crippen LogP contribution in [0.3, 0.4) is 0 Å². The third kappa shape index (κ3) is 3.64. The summed E-state index contributed by atoms with van der Waals surface area (Å²) in [5.74, 6) is 0.599. The van der Waals surface area contributed by atoms with Gasteiger partial charge in [0.15, 0.2) is 11.5 Å². The summed E-state index contributed by atoms with van der Waals surface area (Å²) in [6.45, 7) is 2.00. The van der Waals surface area contributed by atoms with Gasteiger partial charge in [-0.25, -0.2) is 0 Å². The summed E-state index contributed by atoms with van der Waals surface area (Å²) in [6.07, 6.45) is 2.35. The van der Waals surface area contributed by atoms with Gasteiger partial charge in [-0.3, -0.25) is 9.59 Å². The molecule has 0 radical (unpaired) electrons. The lowest BCUT2D eigenvalue weighted by atomic mass is 10.1. The van der Waals surface area contributed by atoms with E-state index in [0.29, 0.717) is 11.7 Å². The minimum Gasteiger partial charge on any atom is -0.355 e. The van der Waals surface area contributed by atoms with Crippen molar-refractivity contribution in [2.75, 3.05) is 13.6 Å². The fourth-order valence-corrected chi connectivity index (χ4v) is 2.61. The van der Waals surface area contributed by atoms with Crippen LogP contribution in [0.2, 0.25) is 0 Å². The van der Waals surface area contributed by atoms with Crippen molar-refractivity contribution in [3.63, 3.8) is 0 Å². The Morgan fingerprint density at radius 3 is 2.71 bits per heavy atom. The highest BCUT2D eigenvalue weighted by Crippen LogP contribution is 2.34. The molecule has 2 aromatic rings. The number of nitrogens with one attached hydrogen (secondary N) is 1. The maximum absolute atomic E-state index is 12.1. The summed E-state index contributed by atoms with van der Waals surface area (Å²) >= 11 is 0. The molecule has 1 aromatic heterocycles. The van der Waals surface area contributed by atoms with Crippen molar-refractivity contribution in [2.24, 2.45) is 5.92 Å². The zero-order valence-electron chi connectivity index (χ0n) is 13.9. The molecule has 126 valence electrons. The number of rotatable bonds is 6. The Bertz CT molecular complexity index is 722. The number of nitrogens with zero attached hydrogens (tertiary/aromatic N) is 2. The maximum Gasteiger partial charge on any atom is 0.273 e. The van der Waals surface area contributed by atoms with E-state index in [1.165, 1.54) is 12.8 Å². The van der Waals surface area contributed by atoms with E-state index >= 15 is 0 Å². The second kappa shape index (κ2) is 6.86. The first-order chi connectivity index (χ1) is 11.6. The van der Waals surface area contributed by atoms with E-state index < -0.39 is 5.91 Å². The largest absolute Gasteiger partial charge is 0.355 e. The first kappa shape index (κ1) is 16.2. The number of hydrogen-bond donors (Lipinski definition) is 1. The number of hydrogen-bond acceptors (Lipinski definition) is 4. The lowest BCUT2D eigenvalue weighted by molar-refractivity contribution is -0.130. The van der Waals surface area contributed by atoms with Gasteiger partial charge in [-0.15, -0.1) is 0 Å². The average molecular weight is 327 g/mol. The van der Waals surface area contributed by atoms with Gasteiger partial charge in [0.1, 0.15) is 0 Å². The monoisotopic (exact) mass is 327 g/mol. The molecule has 0 bridgehead atoms. The second-order valence-corrected chi connectivity index (χ2v) is 6.21. The molecule has 1 atom stereocenters. The Kier molecular flexibility index (Phi) is 4.64. The molecule has 0 aliphatic heterocycles. The third-order valence-electron chi connectivity index (χ3n) is 4.51. The first-order valence-corrected chi connectivity index (χ1v) is 8.12. The van der Waals surface area contributed by atoms with E-state index in [4.69, 9.17) is 4.52 Å². The summed E-state index contributed by atoms with van der Waals surface area (Å²) in [4.78, 5) is 26.0. The second-order valence-electron chi connectivity index (χ2n) is 6.21. The highest BCUT2D eigenvalue weighted by atomic mass is 16.5. The Morgan fingerprint density at radius 2 is 2.04 bits per heavy atom. The molecule has 1 fully saturated rings.